The minimum atomic E-state index is -1.20. The molecule has 26 heavy (non-hydrogen) atoms. The van der Waals surface area contributed by atoms with Crippen molar-refractivity contribution < 1.29 is 19.1 Å². The van der Waals surface area contributed by atoms with Crippen LogP contribution in [0.15, 0.2) is 45.9 Å². The fraction of sp³-hybridized carbons (Fsp3) is 0.200. The molecule has 0 saturated heterocycles. The van der Waals surface area contributed by atoms with Gasteiger partial charge in [0.15, 0.2) is 5.43 Å². The maximum Gasteiger partial charge on any atom is 0.341 e. The zero-order valence-electron chi connectivity index (χ0n) is 13.8. The van der Waals surface area contributed by atoms with E-state index in [-0.39, 0.29) is 5.56 Å². The van der Waals surface area contributed by atoms with Gasteiger partial charge in [0.2, 0.25) is 0 Å². The zero-order chi connectivity index (χ0) is 17.8. The Morgan fingerprint density at radius 1 is 1.15 bits per heavy atom. The molecule has 1 aromatic carbocycles. The highest BCUT2D eigenvalue weighted by atomic mass is 16.5. The number of carboxylic acid groups (broad SMARTS) is 1. The van der Waals surface area contributed by atoms with Crippen LogP contribution in [0, 0.1) is 0 Å². The Labute approximate surface area is 148 Å². The van der Waals surface area contributed by atoms with E-state index in [0.717, 1.165) is 41.0 Å². The predicted octanol–water partition coefficient (Wildman–Crippen LogP) is 2.96. The van der Waals surface area contributed by atoms with Gasteiger partial charge in [-0.25, -0.2) is 4.79 Å². The first kappa shape index (κ1) is 15.0. The molecule has 1 N–H and O–H groups in total. The standard InChI is InChI=1S/C20H15NO5/c22-17-9-16-13-8-14(18-2-1-6-25-18)19-12(4-7-26-19)11(13)3-5-21(16)10-15(17)20(23)24/h1-2,6,8-10H,3-5,7H2,(H,23,24). The number of aryl methyl sites for hydroxylation is 1. The number of pyridine rings is 1. The van der Waals surface area contributed by atoms with Crippen molar-refractivity contribution in [1.82, 2.24) is 4.57 Å². The van der Waals surface area contributed by atoms with Gasteiger partial charge in [-0.05, 0) is 30.2 Å². The summed E-state index contributed by atoms with van der Waals surface area (Å²) in [6, 6.07) is 7.12. The lowest BCUT2D eigenvalue weighted by Gasteiger charge is -2.25. The number of furan rings is 1. The summed E-state index contributed by atoms with van der Waals surface area (Å²) in [7, 11) is 0. The molecule has 0 saturated carbocycles. The summed E-state index contributed by atoms with van der Waals surface area (Å²) in [5.41, 5.74) is 4.21. The first-order valence-electron chi connectivity index (χ1n) is 8.47. The first-order chi connectivity index (χ1) is 12.6. The van der Waals surface area contributed by atoms with Crippen molar-refractivity contribution in [2.75, 3.05) is 6.61 Å². The SMILES string of the molecule is O=C(O)c1cn2c(cc1=O)-c1cc(-c3ccco3)c3c(c1CC2)CCO3. The van der Waals surface area contributed by atoms with Crippen molar-refractivity contribution in [2.24, 2.45) is 0 Å². The molecule has 5 rings (SSSR count). The summed E-state index contributed by atoms with van der Waals surface area (Å²) in [6.45, 7) is 1.26. The van der Waals surface area contributed by atoms with Crippen molar-refractivity contribution in [3.63, 3.8) is 0 Å². The highest BCUT2D eigenvalue weighted by molar-refractivity contribution is 5.88. The van der Waals surface area contributed by atoms with Crippen molar-refractivity contribution in [3.8, 4) is 28.3 Å². The number of ether oxygens (including phenoxy) is 1. The number of hydrogen-bond donors (Lipinski definition) is 1. The fourth-order valence-corrected chi connectivity index (χ4v) is 3.96. The lowest BCUT2D eigenvalue weighted by molar-refractivity contribution is 0.0694. The average Bonchev–Trinajstić information content (AvgIpc) is 3.32. The molecule has 0 aliphatic carbocycles. The number of benzene rings is 1. The van der Waals surface area contributed by atoms with Crippen LogP contribution in [0.2, 0.25) is 0 Å². The van der Waals surface area contributed by atoms with E-state index < -0.39 is 11.4 Å². The molecule has 0 radical (unpaired) electrons. The van der Waals surface area contributed by atoms with Crippen LogP contribution in [-0.4, -0.2) is 22.2 Å². The van der Waals surface area contributed by atoms with Gasteiger partial charge in [-0.2, -0.15) is 0 Å². The van der Waals surface area contributed by atoms with E-state index in [1.54, 1.807) is 6.26 Å². The van der Waals surface area contributed by atoms with E-state index in [1.165, 1.54) is 17.8 Å². The molecule has 6 nitrogen and oxygen atoms in total. The third kappa shape index (κ3) is 2.05. The molecule has 3 aromatic rings. The summed E-state index contributed by atoms with van der Waals surface area (Å²) < 4.78 is 13.3. The molecule has 0 fully saturated rings. The van der Waals surface area contributed by atoms with Gasteiger partial charge in [0.25, 0.3) is 0 Å². The van der Waals surface area contributed by atoms with E-state index in [1.807, 2.05) is 22.8 Å². The molecule has 6 heteroatoms. The maximum absolute atomic E-state index is 12.3. The Morgan fingerprint density at radius 3 is 2.81 bits per heavy atom. The van der Waals surface area contributed by atoms with Gasteiger partial charge < -0.3 is 18.8 Å². The molecule has 0 atom stereocenters. The van der Waals surface area contributed by atoms with Gasteiger partial charge in [-0.15, -0.1) is 0 Å². The van der Waals surface area contributed by atoms with Crippen LogP contribution >= 0.6 is 0 Å². The molecule has 4 heterocycles. The second-order valence-corrected chi connectivity index (χ2v) is 6.52. The maximum atomic E-state index is 12.3. The highest BCUT2D eigenvalue weighted by Gasteiger charge is 2.29. The molecule has 0 spiro atoms. The molecule has 2 aromatic heterocycles. The zero-order valence-corrected chi connectivity index (χ0v) is 13.8. The average molecular weight is 349 g/mol. The summed E-state index contributed by atoms with van der Waals surface area (Å²) in [5.74, 6) is 0.374. The van der Waals surface area contributed by atoms with Crippen molar-refractivity contribution in [1.29, 1.82) is 0 Å². The van der Waals surface area contributed by atoms with Crippen LogP contribution < -0.4 is 10.2 Å². The Kier molecular flexibility index (Phi) is 3.09. The normalized spacial score (nSPS) is 14.3. The number of carbonyl (C=O) groups is 1. The number of nitrogens with zero attached hydrogens (tertiary/aromatic N) is 1. The van der Waals surface area contributed by atoms with Gasteiger partial charge >= 0.3 is 5.97 Å². The number of aromatic nitrogens is 1. The van der Waals surface area contributed by atoms with E-state index in [9.17, 15) is 14.7 Å². The first-order valence-corrected chi connectivity index (χ1v) is 8.47. The quantitative estimate of drug-likeness (QED) is 0.769. The number of aromatic carboxylic acids is 1. The smallest absolute Gasteiger partial charge is 0.341 e. The number of hydrogen-bond acceptors (Lipinski definition) is 4. The third-order valence-electron chi connectivity index (χ3n) is 5.12. The lowest BCUT2D eigenvalue weighted by atomic mass is 9.88. The highest BCUT2D eigenvalue weighted by Crippen LogP contribution is 2.45. The number of fused-ring (bicyclic) bond motifs is 5. The van der Waals surface area contributed by atoms with Crippen LogP contribution in [0.5, 0.6) is 5.75 Å². The second kappa shape index (κ2) is 5.36. The summed E-state index contributed by atoms with van der Waals surface area (Å²) >= 11 is 0. The van der Waals surface area contributed by atoms with Gasteiger partial charge in [-0.3, -0.25) is 4.79 Å². The Hall–Kier alpha value is -3.28. The third-order valence-corrected chi connectivity index (χ3v) is 5.12. The molecule has 2 aliphatic rings. The summed E-state index contributed by atoms with van der Waals surface area (Å²) in [5, 5.41) is 9.22. The largest absolute Gasteiger partial charge is 0.492 e. The second-order valence-electron chi connectivity index (χ2n) is 6.52. The number of carboxylic acids is 1. The van der Waals surface area contributed by atoms with Crippen molar-refractivity contribution in [2.45, 2.75) is 19.4 Å². The Morgan fingerprint density at radius 2 is 2.04 bits per heavy atom. The minimum absolute atomic E-state index is 0.201. The molecule has 0 bridgehead atoms. The monoisotopic (exact) mass is 349 g/mol. The topological polar surface area (TPSA) is 81.7 Å². The van der Waals surface area contributed by atoms with E-state index in [2.05, 4.69) is 0 Å². The lowest BCUT2D eigenvalue weighted by Crippen LogP contribution is -2.22. The van der Waals surface area contributed by atoms with Crippen LogP contribution in [0.25, 0.3) is 22.6 Å². The van der Waals surface area contributed by atoms with Gasteiger partial charge in [0.1, 0.15) is 17.1 Å². The summed E-state index contributed by atoms with van der Waals surface area (Å²) in [6.07, 6.45) is 4.66. The van der Waals surface area contributed by atoms with Crippen LogP contribution in [0.3, 0.4) is 0 Å². The minimum Gasteiger partial charge on any atom is -0.492 e. The molecule has 2 aliphatic heterocycles. The van der Waals surface area contributed by atoms with Crippen molar-refractivity contribution in [3.05, 3.63) is 63.6 Å². The molecular formula is C20H15NO5. The summed E-state index contributed by atoms with van der Waals surface area (Å²) in [4.78, 5) is 23.5. The van der Waals surface area contributed by atoms with Gasteiger partial charge in [-0.1, -0.05) is 0 Å². The molecule has 0 unspecified atom stereocenters. The Balaban J connectivity index is 1.79. The van der Waals surface area contributed by atoms with Crippen molar-refractivity contribution >= 4 is 5.97 Å². The van der Waals surface area contributed by atoms with E-state index in [0.29, 0.717) is 18.9 Å². The van der Waals surface area contributed by atoms with Crippen LogP contribution in [0.1, 0.15) is 21.5 Å². The number of rotatable bonds is 2. The van der Waals surface area contributed by atoms with Gasteiger partial charge in [0, 0.05) is 36.4 Å². The van der Waals surface area contributed by atoms with Gasteiger partial charge in [0.05, 0.1) is 24.1 Å². The van der Waals surface area contributed by atoms with Crippen LogP contribution in [0.4, 0.5) is 0 Å². The molecule has 0 amide bonds. The Bertz CT molecular complexity index is 1110. The van der Waals surface area contributed by atoms with Crippen LogP contribution in [-0.2, 0) is 19.4 Å². The fourth-order valence-electron chi connectivity index (χ4n) is 3.96. The van der Waals surface area contributed by atoms with E-state index >= 15 is 0 Å². The predicted molar refractivity (Wildman–Crippen MR) is 93.7 cm³/mol. The molecular weight excluding hydrogens is 334 g/mol. The van der Waals surface area contributed by atoms with E-state index in [4.69, 9.17) is 9.15 Å². The molecule has 130 valence electrons.